The van der Waals surface area contributed by atoms with E-state index < -0.39 is 6.04 Å². The molecule has 2 aliphatic rings. The molecule has 0 radical (unpaired) electrons. The summed E-state index contributed by atoms with van der Waals surface area (Å²) in [6.45, 7) is 3.93. The van der Waals surface area contributed by atoms with Gasteiger partial charge in [0.1, 0.15) is 0 Å². The summed E-state index contributed by atoms with van der Waals surface area (Å²) in [7, 11) is 0. The second-order valence-corrected chi connectivity index (χ2v) is 8.74. The average molecular weight is 472 g/mol. The van der Waals surface area contributed by atoms with Gasteiger partial charge in [-0.05, 0) is 47.8 Å². The second kappa shape index (κ2) is 12.0. The quantitative estimate of drug-likeness (QED) is 0.675. The molecule has 2 unspecified atom stereocenters. The van der Waals surface area contributed by atoms with E-state index in [9.17, 15) is 4.79 Å². The predicted molar refractivity (Wildman–Crippen MR) is 127 cm³/mol. The Bertz CT molecular complexity index is 784. The van der Waals surface area contributed by atoms with Gasteiger partial charge in [0, 0.05) is 37.7 Å². The minimum atomic E-state index is -0.454. The zero-order chi connectivity index (χ0) is 19.3. The van der Waals surface area contributed by atoms with Crippen LogP contribution in [0.4, 0.5) is 0 Å². The van der Waals surface area contributed by atoms with Crippen molar-refractivity contribution >= 4 is 42.1 Å². The molecule has 0 saturated carbocycles. The molecular weight excluding hydrogens is 441 g/mol. The van der Waals surface area contributed by atoms with Crippen molar-refractivity contribution < 1.29 is 9.53 Å². The van der Waals surface area contributed by atoms with E-state index in [0.717, 1.165) is 32.4 Å². The van der Waals surface area contributed by atoms with Crippen molar-refractivity contribution in [3.63, 3.8) is 0 Å². The molecule has 1 fully saturated rings. The molecule has 1 aromatic carbocycles. The molecule has 8 heteroatoms. The van der Waals surface area contributed by atoms with E-state index in [4.69, 9.17) is 10.5 Å². The fraction of sp³-hybridized carbons (Fsp3) is 0.500. The number of fused-ring (bicyclic) bond motifs is 1. The van der Waals surface area contributed by atoms with Crippen LogP contribution < -0.4 is 11.1 Å². The lowest BCUT2D eigenvalue weighted by Crippen LogP contribution is -2.49. The fourth-order valence-corrected chi connectivity index (χ4v) is 5.16. The third-order valence-corrected chi connectivity index (χ3v) is 7.03. The standard InChI is InChI=1S/C22H29N3O2S.2ClH/c23-21(17-7-11-27-12-8-17)22(26)24-14-19(16-4-2-1-3-5-16)25-10-6-20-18(15-25)9-13-28-20;;/h1-5,9,13,17,19,21H,6-8,10-12,14-15,23H2,(H,24,26);2*1H. The molecule has 3 heterocycles. The van der Waals surface area contributed by atoms with Gasteiger partial charge < -0.3 is 15.8 Å². The molecule has 1 aromatic heterocycles. The SMILES string of the molecule is Cl.Cl.NC(C(=O)NCC(c1ccccc1)N1CCc2sccc2C1)C1CCOCC1. The van der Waals surface area contributed by atoms with Crippen LogP contribution in [0.1, 0.15) is 34.9 Å². The smallest absolute Gasteiger partial charge is 0.237 e. The fourth-order valence-electron chi connectivity index (χ4n) is 4.27. The van der Waals surface area contributed by atoms with Crippen molar-refractivity contribution in [3.05, 3.63) is 57.8 Å². The van der Waals surface area contributed by atoms with Crippen molar-refractivity contribution in [2.75, 3.05) is 26.3 Å². The van der Waals surface area contributed by atoms with Gasteiger partial charge in [0.15, 0.2) is 0 Å². The summed E-state index contributed by atoms with van der Waals surface area (Å²) in [5, 5.41) is 5.33. The van der Waals surface area contributed by atoms with Crippen molar-refractivity contribution in [2.24, 2.45) is 11.7 Å². The first-order valence-corrected chi connectivity index (χ1v) is 11.1. The van der Waals surface area contributed by atoms with Gasteiger partial charge in [0.05, 0.1) is 12.1 Å². The maximum absolute atomic E-state index is 12.7. The van der Waals surface area contributed by atoms with E-state index in [-0.39, 0.29) is 42.7 Å². The van der Waals surface area contributed by atoms with Gasteiger partial charge in [-0.1, -0.05) is 30.3 Å². The number of ether oxygens (including phenoxy) is 1. The minimum Gasteiger partial charge on any atom is -0.381 e. The average Bonchev–Trinajstić information content (AvgIpc) is 3.22. The van der Waals surface area contributed by atoms with Crippen LogP contribution in [0.25, 0.3) is 0 Å². The van der Waals surface area contributed by atoms with Crippen molar-refractivity contribution in [1.82, 2.24) is 10.2 Å². The number of nitrogens with two attached hydrogens (primary N) is 1. The molecular formula is C22H31Cl2N3O2S. The summed E-state index contributed by atoms with van der Waals surface area (Å²) >= 11 is 1.85. The highest BCUT2D eigenvalue weighted by atomic mass is 35.5. The Hall–Kier alpha value is -1.15. The maximum atomic E-state index is 12.7. The highest BCUT2D eigenvalue weighted by Gasteiger charge is 2.29. The van der Waals surface area contributed by atoms with Crippen LogP contribution in [0.15, 0.2) is 41.8 Å². The number of hydrogen-bond donors (Lipinski definition) is 2. The van der Waals surface area contributed by atoms with E-state index in [1.54, 1.807) is 0 Å². The molecule has 0 spiro atoms. The second-order valence-electron chi connectivity index (χ2n) is 7.74. The molecule has 1 amide bonds. The first kappa shape index (κ1) is 25.1. The summed E-state index contributed by atoms with van der Waals surface area (Å²) in [5.41, 5.74) is 8.92. The van der Waals surface area contributed by atoms with Crippen LogP contribution in [0.5, 0.6) is 0 Å². The normalized spacial score (nSPS) is 19.0. The van der Waals surface area contributed by atoms with Crippen LogP contribution in [0.2, 0.25) is 0 Å². The number of benzene rings is 1. The third kappa shape index (κ3) is 5.96. The molecule has 30 heavy (non-hydrogen) atoms. The third-order valence-electron chi connectivity index (χ3n) is 6.01. The van der Waals surface area contributed by atoms with Gasteiger partial charge >= 0.3 is 0 Å². The predicted octanol–water partition coefficient (Wildman–Crippen LogP) is 3.56. The highest BCUT2D eigenvalue weighted by molar-refractivity contribution is 7.10. The first-order valence-electron chi connectivity index (χ1n) is 10.2. The van der Waals surface area contributed by atoms with Gasteiger partial charge in [0.25, 0.3) is 0 Å². The number of carbonyl (C=O) groups is 1. The Kier molecular flexibility index (Phi) is 10.1. The molecule has 2 aliphatic heterocycles. The lowest BCUT2D eigenvalue weighted by molar-refractivity contribution is -0.124. The number of amides is 1. The number of hydrogen-bond acceptors (Lipinski definition) is 5. The topological polar surface area (TPSA) is 67.6 Å². The molecule has 4 rings (SSSR count). The van der Waals surface area contributed by atoms with Crippen LogP contribution in [-0.2, 0) is 22.5 Å². The van der Waals surface area contributed by atoms with E-state index in [1.165, 1.54) is 16.0 Å². The zero-order valence-corrected chi connectivity index (χ0v) is 19.4. The Balaban J connectivity index is 0.00000160. The summed E-state index contributed by atoms with van der Waals surface area (Å²) in [6.07, 6.45) is 2.80. The number of nitrogens with zero attached hydrogens (tertiary/aromatic N) is 1. The summed E-state index contributed by atoms with van der Waals surface area (Å²) in [4.78, 5) is 16.7. The van der Waals surface area contributed by atoms with Gasteiger partial charge in [-0.15, -0.1) is 36.2 Å². The largest absolute Gasteiger partial charge is 0.381 e. The van der Waals surface area contributed by atoms with Gasteiger partial charge in [-0.3, -0.25) is 9.69 Å². The van der Waals surface area contributed by atoms with E-state index in [1.807, 2.05) is 17.4 Å². The molecule has 5 nitrogen and oxygen atoms in total. The van der Waals surface area contributed by atoms with E-state index in [2.05, 4.69) is 45.9 Å². The molecule has 1 saturated heterocycles. The Morgan fingerprint density at radius 3 is 2.67 bits per heavy atom. The number of carbonyl (C=O) groups excluding carboxylic acids is 1. The van der Waals surface area contributed by atoms with Gasteiger partial charge in [0.2, 0.25) is 5.91 Å². The monoisotopic (exact) mass is 471 g/mol. The van der Waals surface area contributed by atoms with Crippen LogP contribution in [-0.4, -0.2) is 43.2 Å². The van der Waals surface area contributed by atoms with Crippen LogP contribution in [0, 0.1) is 5.92 Å². The van der Waals surface area contributed by atoms with Crippen molar-refractivity contribution in [2.45, 2.75) is 37.9 Å². The molecule has 166 valence electrons. The van der Waals surface area contributed by atoms with E-state index in [0.29, 0.717) is 19.8 Å². The van der Waals surface area contributed by atoms with Crippen LogP contribution >= 0.6 is 36.2 Å². The zero-order valence-electron chi connectivity index (χ0n) is 17.0. The summed E-state index contributed by atoms with van der Waals surface area (Å²) in [5.74, 6) is 0.174. The molecule has 2 atom stereocenters. The lowest BCUT2D eigenvalue weighted by atomic mass is 9.91. The van der Waals surface area contributed by atoms with Crippen molar-refractivity contribution in [3.8, 4) is 0 Å². The summed E-state index contributed by atoms with van der Waals surface area (Å²) < 4.78 is 5.39. The lowest BCUT2D eigenvalue weighted by Gasteiger charge is -2.35. The number of halogens is 2. The van der Waals surface area contributed by atoms with Gasteiger partial charge in [-0.25, -0.2) is 0 Å². The molecule has 3 N–H and O–H groups in total. The highest BCUT2D eigenvalue weighted by Crippen LogP contribution is 2.30. The molecule has 0 aliphatic carbocycles. The Morgan fingerprint density at radius 2 is 1.93 bits per heavy atom. The Labute approximate surface area is 195 Å². The number of nitrogens with one attached hydrogen (secondary N) is 1. The van der Waals surface area contributed by atoms with Gasteiger partial charge in [-0.2, -0.15) is 0 Å². The Morgan fingerprint density at radius 1 is 1.20 bits per heavy atom. The number of thiophene rings is 1. The van der Waals surface area contributed by atoms with Crippen molar-refractivity contribution in [1.29, 1.82) is 0 Å². The first-order chi connectivity index (χ1) is 13.7. The van der Waals surface area contributed by atoms with E-state index >= 15 is 0 Å². The maximum Gasteiger partial charge on any atom is 0.237 e. The molecule has 2 aromatic rings. The minimum absolute atomic E-state index is 0. The van der Waals surface area contributed by atoms with Crippen LogP contribution in [0.3, 0.4) is 0 Å². The number of rotatable bonds is 6. The molecule has 0 bridgehead atoms. The summed E-state index contributed by atoms with van der Waals surface area (Å²) in [6, 6.07) is 12.4.